The van der Waals surface area contributed by atoms with Crippen LogP contribution in [0.5, 0.6) is 0 Å². The van der Waals surface area contributed by atoms with Crippen LogP contribution < -0.4 is 0 Å². The van der Waals surface area contributed by atoms with Gasteiger partial charge in [0.2, 0.25) is 5.76 Å². The Morgan fingerprint density at radius 3 is 2.60 bits per heavy atom. The van der Waals surface area contributed by atoms with Crippen molar-refractivity contribution < 1.29 is 40.5 Å². The normalized spacial score (nSPS) is 21.7. The molecule has 13 heteroatoms. The van der Waals surface area contributed by atoms with Crippen molar-refractivity contribution in [2.75, 3.05) is 5.75 Å². The Balaban J connectivity index is 1.58. The Bertz CT molecular complexity index is 1230. The van der Waals surface area contributed by atoms with Gasteiger partial charge in [-0.1, -0.05) is 10.3 Å². The smallest absolute Gasteiger partial charge is 0.452 e. The van der Waals surface area contributed by atoms with Crippen LogP contribution in [-0.2, 0) is 20.8 Å². The summed E-state index contributed by atoms with van der Waals surface area (Å²) >= 11 is 0.693. The maximum atomic E-state index is 12.9. The minimum absolute atomic E-state index is 0.0873. The van der Waals surface area contributed by atoms with E-state index >= 15 is 0 Å². The standard InChI is InChI=1S/C17H13F3N2O6S2/c1-8-4-10(21-27-8)9-6-16(9,15(23)24)7-30(25,26)14-3-2-12(29-14)11-5-13(28-22-11)17(18,19)20/h2-5,9H,6-7H2,1H3,(H,23,24). The highest BCUT2D eigenvalue weighted by Gasteiger charge is 2.64. The highest BCUT2D eigenvalue weighted by molar-refractivity contribution is 7.93. The molecule has 0 saturated heterocycles. The molecular formula is C17H13F3N2O6S2. The molecule has 2 unspecified atom stereocenters. The molecule has 1 saturated carbocycles. The van der Waals surface area contributed by atoms with Gasteiger partial charge in [0.25, 0.3) is 0 Å². The Hall–Kier alpha value is -2.67. The van der Waals surface area contributed by atoms with Crippen molar-refractivity contribution in [1.82, 2.24) is 10.3 Å². The van der Waals surface area contributed by atoms with E-state index in [0.717, 1.165) is 0 Å². The number of halogens is 3. The summed E-state index contributed by atoms with van der Waals surface area (Å²) in [5.41, 5.74) is -1.33. The summed E-state index contributed by atoms with van der Waals surface area (Å²) < 4.78 is 72.7. The van der Waals surface area contributed by atoms with Crippen LogP contribution in [-0.4, -0.2) is 35.6 Å². The Kier molecular flexibility index (Phi) is 4.58. The largest absolute Gasteiger partial charge is 0.481 e. The van der Waals surface area contributed by atoms with Gasteiger partial charge >= 0.3 is 12.1 Å². The number of carbonyl (C=O) groups is 1. The van der Waals surface area contributed by atoms with Crippen LogP contribution in [0.3, 0.4) is 0 Å². The molecule has 0 aromatic carbocycles. The van der Waals surface area contributed by atoms with Gasteiger partial charge in [0, 0.05) is 18.1 Å². The zero-order valence-electron chi connectivity index (χ0n) is 15.1. The van der Waals surface area contributed by atoms with Crippen LogP contribution in [0.2, 0.25) is 0 Å². The van der Waals surface area contributed by atoms with Gasteiger partial charge in [-0.3, -0.25) is 4.79 Å². The van der Waals surface area contributed by atoms with Crippen molar-refractivity contribution in [3.63, 3.8) is 0 Å². The lowest BCUT2D eigenvalue weighted by Gasteiger charge is -2.11. The lowest BCUT2D eigenvalue weighted by molar-refractivity contribution is -0.155. The molecule has 2 atom stereocenters. The number of carboxylic acid groups (broad SMARTS) is 1. The predicted octanol–water partition coefficient (Wildman–Crippen LogP) is 3.75. The fourth-order valence-electron chi connectivity index (χ4n) is 3.26. The molecule has 8 nitrogen and oxygen atoms in total. The van der Waals surface area contributed by atoms with Crippen molar-refractivity contribution in [2.45, 2.75) is 29.6 Å². The number of aromatic nitrogens is 2. The summed E-state index contributed by atoms with van der Waals surface area (Å²) in [6.07, 6.45) is -4.63. The first kappa shape index (κ1) is 20.6. The summed E-state index contributed by atoms with van der Waals surface area (Å²) in [5.74, 6) is -3.36. The van der Waals surface area contributed by atoms with Crippen molar-refractivity contribution in [1.29, 1.82) is 0 Å². The maximum absolute atomic E-state index is 12.9. The van der Waals surface area contributed by atoms with Crippen molar-refractivity contribution >= 4 is 27.1 Å². The van der Waals surface area contributed by atoms with E-state index in [-0.39, 0.29) is 21.2 Å². The monoisotopic (exact) mass is 462 g/mol. The topological polar surface area (TPSA) is 124 Å². The number of hydrogen-bond donors (Lipinski definition) is 1. The van der Waals surface area contributed by atoms with E-state index in [0.29, 0.717) is 28.9 Å². The van der Waals surface area contributed by atoms with Crippen LogP contribution >= 0.6 is 11.3 Å². The number of aliphatic carboxylic acids is 1. The van der Waals surface area contributed by atoms with Gasteiger partial charge in [-0.15, -0.1) is 11.3 Å². The Labute approximate surface area is 171 Å². The molecule has 0 amide bonds. The molecule has 1 N–H and O–H groups in total. The van der Waals surface area contributed by atoms with Gasteiger partial charge in [-0.25, -0.2) is 8.42 Å². The van der Waals surface area contributed by atoms with E-state index in [4.69, 9.17) is 4.52 Å². The van der Waals surface area contributed by atoms with Crippen LogP contribution in [0.1, 0.15) is 29.6 Å². The summed E-state index contributed by atoms with van der Waals surface area (Å²) in [4.78, 5) is 12.0. The molecule has 0 aliphatic heterocycles. The number of nitrogens with zero attached hydrogens (tertiary/aromatic N) is 2. The average molecular weight is 462 g/mol. The molecular weight excluding hydrogens is 449 g/mol. The molecule has 30 heavy (non-hydrogen) atoms. The number of aryl methyl sites for hydroxylation is 1. The number of hydrogen-bond acceptors (Lipinski definition) is 8. The Morgan fingerprint density at radius 1 is 1.30 bits per heavy atom. The van der Waals surface area contributed by atoms with E-state index < -0.39 is 44.8 Å². The third-order valence-electron chi connectivity index (χ3n) is 4.88. The molecule has 1 aliphatic carbocycles. The van der Waals surface area contributed by atoms with Crippen LogP contribution in [0.25, 0.3) is 10.6 Å². The predicted molar refractivity (Wildman–Crippen MR) is 95.5 cm³/mol. The minimum Gasteiger partial charge on any atom is -0.481 e. The summed E-state index contributed by atoms with van der Waals surface area (Å²) in [6.45, 7) is 1.64. The summed E-state index contributed by atoms with van der Waals surface area (Å²) in [7, 11) is -4.04. The molecule has 0 radical (unpaired) electrons. The van der Waals surface area contributed by atoms with Gasteiger partial charge < -0.3 is 14.2 Å². The van der Waals surface area contributed by atoms with E-state index in [1.54, 1.807) is 13.0 Å². The second-order valence-electron chi connectivity index (χ2n) is 7.03. The van der Waals surface area contributed by atoms with Gasteiger partial charge in [0.05, 0.1) is 21.7 Å². The molecule has 0 spiro atoms. The lowest BCUT2D eigenvalue weighted by Crippen LogP contribution is -2.27. The highest BCUT2D eigenvalue weighted by Crippen LogP contribution is 2.60. The van der Waals surface area contributed by atoms with Crippen molar-refractivity contribution in [2.24, 2.45) is 5.41 Å². The second kappa shape index (κ2) is 6.67. The van der Waals surface area contributed by atoms with Gasteiger partial charge in [0.15, 0.2) is 9.84 Å². The molecule has 3 aromatic heterocycles. The zero-order chi connectivity index (χ0) is 21.9. The molecule has 1 fully saturated rings. The number of carboxylic acids is 1. The van der Waals surface area contributed by atoms with Gasteiger partial charge in [-0.2, -0.15) is 13.2 Å². The Morgan fingerprint density at radius 2 is 2.03 bits per heavy atom. The fourth-order valence-corrected chi connectivity index (χ4v) is 6.44. The molecule has 160 valence electrons. The van der Waals surface area contributed by atoms with Crippen molar-refractivity contribution in [3.05, 3.63) is 41.5 Å². The summed E-state index contributed by atoms with van der Waals surface area (Å²) in [6, 6.07) is 4.75. The first-order valence-electron chi connectivity index (χ1n) is 8.46. The number of alkyl halides is 3. The minimum atomic E-state index is -4.72. The maximum Gasteiger partial charge on any atom is 0.452 e. The molecule has 1 aliphatic rings. The van der Waals surface area contributed by atoms with Crippen LogP contribution in [0, 0.1) is 12.3 Å². The lowest BCUT2D eigenvalue weighted by atomic mass is 10.1. The number of sulfone groups is 1. The van der Waals surface area contributed by atoms with Crippen LogP contribution in [0.4, 0.5) is 13.2 Å². The third kappa shape index (κ3) is 3.51. The number of thiophene rings is 1. The molecule has 3 aromatic rings. The van der Waals surface area contributed by atoms with Crippen LogP contribution in [0.15, 0.2) is 37.5 Å². The third-order valence-corrected chi connectivity index (χ3v) is 8.44. The molecule has 0 bridgehead atoms. The fraction of sp³-hybridized carbons (Fsp3) is 0.353. The number of rotatable bonds is 6. The highest BCUT2D eigenvalue weighted by atomic mass is 32.2. The second-order valence-corrected chi connectivity index (χ2v) is 10.3. The first-order chi connectivity index (χ1) is 13.9. The SMILES string of the molecule is Cc1cc(C2CC2(CS(=O)(=O)c2ccc(-c3cc(C(F)(F)F)on3)s2)C(=O)O)no1. The zero-order valence-corrected chi connectivity index (χ0v) is 16.8. The van der Waals surface area contributed by atoms with E-state index in [2.05, 4.69) is 14.8 Å². The summed E-state index contributed by atoms with van der Waals surface area (Å²) in [5, 5.41) is 16.8. The molecule has 4 rings (SSSR count). The average Bonchev–Trinajstić information content (AvgIpc) is 3.12. The quantitative estimate of drug-likeness (QED) is 0.588. The van der Waals surface area contributed by atoms with Crippen molar-refractivity contribution in [3.8, 4) is 10.6 Å². The van der Waals surface area contributed by atoms with E-state index in [1.807, 2.05) is 0 Å². The van der Waals surface area contributed by atoms with E-state index in [1.165, 1.54) is 12.1 Å². The van der Waals surface area contributed by atoms with Gasteiger partial charge in [0.1, 0.15) is 15.7 Å². The first-order valence-corrected chi connectivity index (χ1v) is 10.9. The van der Waals surface area contributed by atoms with E-state index in [9.17, 15) is 31.5 Å². The molecule has 3 heterocycles. The van der Waals surface area contributed by atoms with Gasteiger partial charge in [-0.05, 0) is 25.5 Å².